The van der Waals surface area contributed by atoms with Crippen molar-refractivity contribution in [1.82, 2.24) is 15.5 Å². The first-order valence-corrected chi connectivity index (χ1v) is 11.2. The Morgan fingerprint density at radius 3 is 2.44 bits per heavy atom. The van der Waals surface area contributed by atoms with E-state index in [-0.39, 0.29) is 24.4 Å². The zero-order valence-electron chi connectivity index (χ0n) is 15.9. The lowest BCUT2D eigenvalue weighted by Gasteiger charge is -2.35. The number of rotatable bonds is 6. The van der Waals surface area contributed by atoms with Crippen LogP contribution in [-0.2, 0) is 4.79 Å². The highest BCUT2D eigenvalue weighted by atomic mass is 127. The van der Waals surface area contributed by atoms with Gasteiger partial charge in [0.15, 0.2) is 0 Å². The number of carbonyl (C=O) groups excluding carboxylic acids is 2. The maximum Gasteiger partial charge on any atom is 0.252 e. The molecule has 3 rings (SSSR count). The lowest BCUT2D eigenvalue weighted by atomic mass is 9.88. The summed E-state index contributed by atoms with van der Waals surface area (Å²) in [5.41, 5.74) is 0.613. The Morgan fingerprint density at radius 2 is 1.74 bits per heavy atom. The van der Waals surface area contributed by atoms with Gasteiger partial charge in [-0.3, -0.25) is 9.59 Å². The molecule has 1 aromatic rings. The van der Waals surface area contributed by atoms with Crippen LogP contribution in [0.5, 0.6) is 0 Å². The molecule has 1 aliphatic carbocycles. The highest BCUT2D eigenvalue weighted by molar-refractivity contribution is 14.1. The molecule has 2 amide bonds. The highest BCUT2D eigenvalue weighted by Gasteiger charge is 2.23. The van der Waals surface area contributed by atoms with Crippen LogP contribution in [0.4, 0.5) is 0 Å². The van der Waals surface area contributed by atoms with Crippen LogP contribution in [0, 0.1) is 9.49 Å². The number of hydrogen-bond donors (Lipinski definition) is 2. The van der Waals surface area contributed by atoms with E-state index in [2.05, 4.69) is 38.1 Å². The summed E-state index contributed by atoms with van der Waals surface area (Å²) in [5, 5.41) is 5.81. The van der Waals surface area contributed by atoms with Gasteiger partial charge in [0.25, 0.3) is 5.91 Å². The summed E-state index contributed by atoms with van der Waals surface area (Å²) in [6, 6.07) is 7.62. The quantitative estimate of drug-likeness (QED) is 0.612. The largest absolute Gasteiger partial charge is 0.352 e. The van der Waals surface area contributed by atoms with Crippen molar-refractivity contribution in [3.63, 3.8) is 0 Å². The van der Waals surface area contributed by atoms with E-state index in [9.17, 15) is 9.59 Å². The van der Waals surface area contributed by atoms with E-state index in [1.165, 1.54) is 38.6 Å². The lowest BCUT2D eigenvalue weighted by Crippen LogP contribution is -2.48. The summed E-state index contributed by atoms with van der Waals surface area (Å²) >= 11 is 2.13. The van der Waals surface area contributed by atoms with Crippen LogP contribution < -0.4 is 10.6 Å². The second-order valence-electron chi connectivity index (χ2n) is 7.81. The van der Waals surface area contributed by atoms with Crippen LogP contribution in [-0.4, -0.2) is 48.9 Å². The third kappa shape index (κ3) is 6.45. The smallest absolute Gasteiger partial charge is 0.252 e. The Kier molecular flexibility index (Phi) is 7.93. The summed E-state index contributed by atoms with van der Waals surface area (Å²) in [7, 11) is 0. The minimum atomic E-state index is -0.197. The van der Waals surface area contributed by atoms with Gasteiger partial charge in [-0.25, -0.2) is 0 Å². The Morgan fingerprint density at radius 1 is 1.04 bits per heavy atom. The van der Waals surface area contributed by atoms with E-state index in [1.807, 2.05) is 18.2 Å². The number of nitrogens with one attached hydrogen (secondary N) is 2. The van der Waals surface area contributed by atoms with Crippen LogP contribution in [0.15, 0.2) is 24.3 Å². The summed E-state index contributed by atoms with van der Waals surface area (Å²) in [6.07, 6.45) is 8.97. The van der Waals surface area contributed by atoms with Crippen molar-refractivity contribution in [2.24, 2.45) is 5.92 Å². The van der Waals surface area contributed by atoms with Gasteiger partial charge in [0, 0.05) is 29.2 Å². The molecule has 2 fully saturated rings. The fraction of sp³-hybridized carbons (Fsp3) is 0.619. The van der Waals surface area contributed by atoms with Gasteiger partial charge in [-0.2, -0.15) is 0 Å². The zero-order chi connectivity index (χ0) is 19.1. The van der Waals surface area contributed by atoms with Gasteiger partial charge in [-0.05, 0) is 66.3 Å². The number of benzene rings is 1. The molecule has 0 aromatic heterocycles. The number of hydrogen-bond acceptors (Lipinski definition) is 3. The number of likely N-dealkylation sites (tertiary alicyclic amines) is 1. The first-order chi connectivity index (χ1) is 13.1. The first kappa shape index (κ1) is 20.6. The molecule has 27 heavy (non-hydrogen) atoms. The van der Waals surface area contributed by atoms with Crippen molar-refractivity contribution in [3.05, 3.63) is 33.4 Å². The van der Waals surface area contributed by atoms with Gasteiger partial charge in [0.05, 0.1) is 12.1 Å². The third-order valence-electron chi connectivity index (χ3n) is 5.72. The third-order valence-corrected chi connectivity index (χ3v) is 6.66. The fourth-order valence-electron chi connectivity index (χ4n) is 4.17. The molecular weight excluding hydrogens is 453 g/mol. The van der Waals surface area contributed by atoms with Gasteiger partial charge in [0.1, 0.15) is 0 Å². The van der Waals surface area contributed by atoms with E-state index in [4.69, 9.17) is 0 Å². The molecule has 1 saturated heterocycles. The van der Waals surface area contributed by atoms with Gasteiger partial charge in [-0.15, -0.1) is 0 Å². The molecule has 5 nitrogen and oxygen atoms in total. The van der Waals surface area contributed by atoms with Gasteiger partial charge in [-0.1, -0.05) is 31.4 Å². The van der Waals surface area contributed by atoms with Crippen molar-refractivity contribution >= 4 is 34.4 Å². The molecule has 0 atom stereocenters. The van der Waals surface area contributed by atoms with Crippen molar-refractivity contribution in [3.8, 4) is 0 Å². The minimum Gasteiger partial charge on any atom is -0.352 e. The molecule has 0 spiro atoms. The van der Waals surface area contributed by atoms with E-state index >= 15 is 0 Å². The molecule has 0 radical (unpaired) electrons. The predicted molar refractivity (Wildman–Crippen MR) is 116 cm³/mol. The Hall–Kier alpha value is -1.15. The maximum absolute atomic E-state index is 12.2. The molecule has 0 bridgehead atoms. The van der Waals surface area contributed by atoms with Gasteiger partial charge < -0.3 is 15.5 Å². The zero-order valence-corrected chi connectivity index (χ0v) is 18.0. The fourth-order valence-corrected chi connectivity index (χ4v) is 4.81. The van der Waals surface area contributed by atoms with Crippen LogP contribution in [0.3, 0.4) is 0 Å². The molecule has 148 valence electrons. The van der Waals surface area contributed by atoms with Crippen molar-refractivity contribution in [2.45, 2.75) is 51.0 Å². The monoisotopic (exact) mass is 483 g/mol. The van der Waals surface area contributed by atoms with Crippen LogP contribution in [0.1, 0.15) is 55.3 Å². The Labute approximate surface area is 175 Å². The van der Waals surface area contributed by atoms with E-state index in [1.54, 1.807) is 6.07 Å². The normalized spacial score (nSPS) is 19.6. The van der Waals surface area contributed by atoms with Crippen molar-refractivity contribution < 1.29 is 9.59 Å². The molecule has 6 heteroatoms. The number of nitrogens with zero attached hydrogens (tertiary/aromatic N) is 1. The number of amides is 2. The van der Waals surface area contributed by atoms with Crippen molar-refractivity contribution in [2.75, 3.05) is 26.2 Å². The SMILES string of the molecule is O=C(CNC(=O)c1ccccc1I)NC1CCN(CC2CCCCC2)CC1. The van der Waals surface area contributed by atoms with E-state index in [0.717, 1.165) is 35.4 Å². The van der Waals surface area contributed by atoms with E-state index < -0.39 is 0 Å². The second-order valence-corrected chi connectivity index (χ2v) is 8.97. The van der Waals surface area contributed by atoms with Crippen molar-refractivity contribution in [1.29, 1.82) is 0 Å². The molecule has 1 heterocycles. The molecule has 2 N–H and O–H groups in total. The molecular formula is C21H30IN3O2. The lowest BCUT2D eigenvalue weighted by molar-refractivity contribution is -0.121. The molecule has 1 aromatic carbocycles. The number of piperidine rings is 1. The number of halogens is 1. The average molecular weight is 483 g/mol. The van der Waals surface area contributed by atoms with Crippen LogP contribution in [0.25, 0.3) is 0 Å². The van der Waals surface area contributed by atoms with E-state index in [0.29, 0.717) is 5.56 Å². The van der Waals surface area contributed by atoms with Gasteiger partial charge in [0.2, 0.25) is 5.91 Å². The predicted octanol–water partition coefficient (Wildman–Crippen LogP) is 3.18. The Balaban J connectivity index is 1.34. The molecule has 0 unspecified atom stereocenters. The summed E-state index contributed by atoms with van der Waals surface area (Å²) in [5.74, 6) is 0.582. The van der Waals surface area contributed by atoms with Crippen LogP contribution >= 0.6 is 22.6 Å². The molecule has 1 saturated carbocycles. The summed E-state index contributed by atoms with van der Waals surface area (Å²) in [4.78, 5) is 26.9. The standard InChI is InChI=1S/C21H30IN3O2/c22-19-9-5-4-8-18(19)21(27)23-14-20(26)24-17-10-12-25(13-11-17)15-16-6-2-1-3-7-16/h4-5,8-9,16-17H,1-3,6-7,10-15H2,(H,23,27)(H,24,26). The second kappa shape index (κ2) is 10.4. The summed E-state index contributed by atoms with van der Waals surface area (Å²) in [6.45, 7) is 3.39. The molecule has 2 aliphatic rings. The summed E-state index contributed by atoms with van der Waals surface area (Å²) < 4.78 is 0.887. The minimum absolute atomic E-state index is 0.0338. The topological polar surface area (TPSA) is 61.4 Å². The average Bonchev–Trinajstić information content (AvgIpc) is 2.69. The highest BCUT2D eigenvalue weighted by Crippen LogP contribution is 2.25. The first-order valence-electron chi connectivity index (χ1n) is 10.2. The Bertz CT molecular complexity index is 638. The maximum atomic E-state index is 12.2. The van der Waals surface area contributed by atoms with Crippen LogP contribution in [0.2, 0.25) is 0 Å². The number of carbonyl (C=O) groups is 2. The van der Waals surface area contributed by atoms with Gasteiger partial charge >= 0.3 is 0 Å². The molecule has 1 aliphatic heterocycles.